The van der Waals surface area contributed by atoms with Crippen molar-refractivity contribution >= 4 is 15.5 Å². The van der Waals surface area contributed by atoms with E-state index in [-0.39, 0.29) is 11.5 Å². The molecule has 0 bridgehead atoms. The summed E-state index contributed by atoms with van der Waals surface area (Å²) in [5.41, 5.74) is 8.11. The number of hydrogen-bond acceptors (Lipinski definition) is 4. The van der Waals surface area contributed by atoms with Gasteiger partial charge in [-0.05, 0) is 37.5 Å². The van der Waals surface area contributed by atoms with Crippen LogP contribution < -0.4 is 5.73 Å². The number of sulfone groups is 1. The second-order valence-corrected chi connectivity index (χ2v) is 8.56. The zero-order chi connectivity index (χ0) is 14.4. The minimum absolute atomic E-state index is 0.125. The summed E-state index contributed by atoms with van der Waals surface area (Å²) in [6.45, 7) is 3.66. The number of rotatable bonds is 3. The van der Waals surface area contributed by atoms with Gasteiger partial charge >= 0.3 is 0 Å². The van der Waals surface area contributed by atoms with Crippen molar-refractivity contribution in [3.8, 4) is 0 Å². The fraction of sp³-hybridized carbons (Fsp3) is 0.600. The summed E-state index contributed by atoms with van der Waals surface area (Å²) >= 11 is 0. The molecule has 2 N–H and O–H groups in total. The highest BCUT2D eigenvalue weighted by atomic mass is 32.2. The Kier molecular flexibility index (Phi) is 3.29. The van der Waals surface area contributed by atoms with Crippen LogP contribution >= 0.6 is 0 Å². The molecular weight excluding hydrogens is 272 g/mol. The van der Waals surface area contributed by atoms with Crippen LogP contribution in [0.4, 0.5) is 5.69 Å². The van der Waals surface area contributed by atoms with Crippen molar-refractivity contribution in [1.82, 2.24) is 4.90 Å². The second-order valence-electron chi connectivity index (χ2n) is 6.34. The molecule has 20 heavy (non-hydrogen) atoms. The molecule has 1 saturated heterocycles. The van der Waals surface area contributed by atoms with E-state index < -0.39 is 9.84 Å². The number of nitrogens with two attached hydrogens (primary N) is 1. The lowest BCUT2D eigenvalue weighted by atomic mass is 9.94. The Labute approximate surface area is 120 Å². The van der Waals surface area contributed by atoms with Gasteiger partial charge in [0.05, 0.1) is 11.5 Å². The molecule has 0 amide bonds. The van der Waals surface area contributed by atoms with Gasteiger partial charge in [0.2, 0.25) is 0 Å². The predicted molar refractivity (Wildman–Crippen MR) is 81.5 cm³/mol. The monoisotopic (exact) mass is 294 g/mol. The Morgan fingerprint density at radius 1 is 1.30 bits per heavy atom. The third-order valence-electron chi connectivity index (χ3n) is 4.69. The quantitative estimate of drug-likeness (QED) is 0.856. The van der Waals surface area contributed by atoms with Gasteiger partial charge in [-0.3, -0.25) is 4.90 Å². The number of anilines is 1. The molecule has 3 rings (SSSR count). The van der Waals surface area contributed by atoms with Crippen LogP contribution in [0.2, 0.25) is 0 Å². The summed E-state index contributed by atoms with van der Waals surface area (Å²) in [5.74, 6) is 0.597. The molecule has 1 atom stereocenters. The van der Waals surface area contributed by atoms with Gasteiger partial charge in [-0.15, -0.1) is 0 Å². The van der Waals surface area contributed by atoms with E-state index >= 15 is 0 Å². The van der Waals surface area contributed by atoms with Gasteiger partial charge in [-0.2, -0.15) is 0 Å². The summed E-state index contributed by atoms with van der Waals surface area (Å²) in [4.78, 5) is 2.34. The Hall–Kier alpha value is -1.07. The van der Waals surface area contributed by atoms with Gasteiger partial charge in [-0.1, -0.05) is 12.1 Å². The summed E-state index contributed by atoms with van der Waals surface area (Å²) in [6, 6.07) is 8.28. The normalized spacial score (nSPS) is 28.1. The number of hydrogen-bond donors (Lipinski definition) is 1. The Morgan fingerprint density at radius 3 is 2.50 bits per heavy atom. The smallest absolute Gasteiger partial charge is 0.153 e. The van der Waals surface area contributed by atoms with E-state index in [4.69, 9.17) is 5.73 Å². The molecule has 1 aromatic rings. The Morgan fingerprint density at radius 2 is 1.95 bits per heavy atom. The first-order chi connectivity index (χ1) is 9.40. The highest BCUT2D eigenvalue weighted by Gasteiger charge is 2.46. The summed E-state index contributed by atoms with van der Waals surface area (Å²) in [6.07, 6.45) is 2.37. The molecule has 1 heterocycles. The average molecular weight is 294 g/mol. The van der Waals surface area contributed by atoms with Crippen molar-refractivity contribution in [1.29, 1.82) is 0 Å². The van der Waals surface area contributed by atoms with E-state index in [2.05, 4.69) is 17.0 Å². The minimum Gasteiger partial charge on any atom is -0.399 e. The van der Waals surface area contributed by atoms with Crippen molar-refractivity contribution in [2.24, 2.45) is 0 Å². The van der Waals surface area contributed by atoms with Crippen LogP contribution in [0.25, 0.3) is 0 Å². The third kappa shape index (κ3) is 2.69. The SMILES string of the molecule is CC1CS(=O)(=O)CCN1CC1(c2ccc(N)cc2)CC1. The molecule has 110 valence electrons. The molecule has 2 aliphatic rings. The van der Waals surface area contributed by atoms with Crippen LogP contribution in [0.3, 0.4) is 0 Å². The standard InChI is InChI=1S/C15H22N2O2S/c1-12-10-20(18,19)9-8-17(12)11-15(6-7-15)13-2-4-14(16)5-3-13/h2-5,12H,6-11,16H2,1H3. The fourth-order valence-corrected chi connectivity index (χ4v) is 4.81. The lowest BCUT2D eigenvalue weighted by molar-refractivity contribution is 0.206. The predicted octanol–water partition coefficient (Wildman–Crippen LogP) is 1.42. The van der Waals surface area contributed by atoms with Crippen LogP contribution in [-0.4, -0.2) is 44.0 Å². The van der Waals surface area contributed by atoms with Gasteiger partial charge in [0.25, 0.3) is 0 Å². The van der Waals surface area contributed by atoms with Crippen molar-refractivity contribution in [2.45, 2.75) is 31.2 Å². The fourth-order valence-electron chi connectivity index (χ4n) is 3.18. The van der Waals surface area contributed by atoms with Crippen LogP contribution in [0.5, 0.6) is 0 Å². The summed E-state index contributed by atoms with van der Waals surface area (Å²) in [7, 11) is -2.83. The van der Waals surface area contributed by atoms with Crippen molar-refractivity contribution in [3.63, 3.8) is 0 Å². The van der Waals surface area contributed by atoms with Crippen molar-refractivity contribution in [3.05, 3.63) is 29.8 Å². The highest BCUT2D eigenvalue weighted by Crippen LogP contribution is 2.49. The van der Waals surface area contributed by atoms with Gasteiger partial charge in [0, 0.05) is 30.2 Å². The van der Waals surface area contributed by atoms with Gasteiger partial charge in [-0.25, -0.2) is 8.42 Å². The van der Waals surface area contributed by atoms with Gasteiger partial charge in [0.15, 0.2) is 9.84 Å². The molecule has 1 unspecified atom stereocenters. The first-order valence-corrected chi connectivity index (χ1v) is 9.03. The second kappa shape index (κ2) is 4.74. The van der Waals surface area contributed by atoms with E-state index in [9.17, 15) is 8.42 Å². The molecule has 0 radical (unpaired) electrons. The molecule has 1 aromatic carbocycles. The summed E-state index contributed by atoms with van der Waals surface area (Å²) in [5, 5.41) is 0. The van der Waals surface area contributed by atoms with Crippen LogP contribution in [0.15, 0.2) is 24.3 Å². The van der Waals surface area contributed by atoms with Crippen molar-refractivity contribution < 1.29 is 8.42 Å². The van der Waals surface area contributed by atoms with E-state index in [1.165, 1.54) is 18.4 Å². The van der Waals surface area contributed by atoms with Crippen molar-refractivity contribution in [2.75, 3.05) is 30.3 Å². The molecular formula is C15H22N2O2S. The first kappa shape index (κ1) is 13.9. The molecule has 1 aliphatic heterocycles. The van der Waals surface area contributed by atoms with E-state index in [0.29, 0.717) is 18.1 Å². The molecule has 5 heteroatoms. The van der Waals surface area contributed by atoms with E-state index in [0.717, 1.165) is 12.2 Å². The molecule has 1 aliphatic carbocycles. The van der Waals surface area contributed by atoms with Crippen LogP contribution in [-0.2, 0) is 15.3 Å². The Bertz CT molecular complexity index is 591. The maximum atomic E-state index is 11.7. The molecule has 0 spiro atoms. The molecule has 4 nitrogen and oxygen atoms in total. The molecule has 0 aromatic heterocycles. The molecule has 1 saturated carbocycles. The van der Waals surface area contributed by atoms with Crippen LogP contribution in [0.1, 0.15) is 25.3 Å². The largest absolute Gasteiger partial charge is 0.399 e. The highest BCUT2D eigenvalue weighted by molar-refractivity contribution is 7.91. The van der Waals surface area contributed by atoms with E-state index in [1.54, 1.807) is 0 Å². The summed E-state index contributed by atoms with van der Waals surface area (Å²) < 4.78 is 23.3. The maximum absolute atomic E-state index is 11.7. The van der Waals surface area contributed by atoms with Gasteiger partial charge < -0.3 is 5.73 Å². The maximum Gasteiger partial charge on any atom is 0.153 e. The van der Waals surface area contributed by atoms with Gasteiger partial charge in [0.1, 0.15) is 0 Å². The first-order valence-electron chi connectivity index (χ1n) is 7.21. The number of nitrogen functional groups attached to an aromatic ring is 1. The third-order valence-corrected chi connectivity index (χ3v) is 6.49. The Balaban J connectivity index is 1.73. The number of nitrogens with zero attached hydrogens (tertiary/aromatic N) is 1. The van der Waals surface area contributed by atoms with E-state index in [1.807, 2.05) is 19.1 Å². The minimum atomic E-state index is -2.83. The lowest BCUT2D eigenvalue weighted by Crippen LogP contribution is -2.49. The average Bonchev–Trinajstić information content (AvgIpc) is 3.14. The van der Waals surface area contributed by atoms with Crippen LogP contribution in [0, 0.1) is 0 Å². The lowest BCUT2D eigenvalue weighted by Gasteiger charge is -2.36. The zero-order valence-electron chi connectivity index (χ0n) is 11.9. The molecule has 2 fully saturated rings. The zero-order valence-corrected chi connectivity index (χ0v) is 12.7. The topological polar surface area (TPSA) is 63.4 Å². The number of benzene rings is 1.